The van der Waals surface area contributed by atoms with Crippen LogP contribution in [-0.4, -0.2) is 44.2 Å². The molecule has 2 unspecified atom stereocenters. The first kappa shape index (κ1) is 14.4. The quantitative estimate of drug-likeness (QED) is 0.640. The molecule has 24 heavy (non-hydrogen) atoms. The van der Waals surface area contributed by atoms with Crippen molar-refractivity contribution in [1.82, 2.24) is 19.9 Å². The molecule has 0 radical (unpaired) electrons. The number of hydrogen-bond acceptors (Lipinski definition) is 7. The summed E-state index contributed by atoms with van der Waals surface area (Å²) < 4.78 is 0. The molecule has 1 fully saturated rings. The highest BCUT2D eigenvalue weighted by Crippen LogP contribution is 2.36. The molecule has 0 spiro atoms. The van der Waals surface area contributed by atoms with Crippen LogP contribution >= 0.6 is 0 Å². The number of aliphatic hydroxyl groups excluding tert-OH is 1. The lowest BCUT2D eigenvalue weighted by atomic mass is 10.1. The van der Waals surface area contributed by atoms with E-state index in [0.717, 1.165) is 22.3 Å². The maximum atomic E-state index is 10.0. The molecule has 120 valence electrons. The summed E-state index contributed by atoms with van der Waals surface area (Å²) in [5.74, 6) is -0.196. The van der Waals surface area contributed by atoms with Gasteiger partial charge in [-0.2, -0.15) is 5.26 Å². The van der Waals surface area contributed by atoms with Gasteiger partial charge < -0.3 is 20.7 Å². The van der Waals surface area contributed by atoms with Crippen LogP contribution in [-0.2, 0) is 0 Å². The predicted molar refractivity (Wildman–Crippen MR) is 88.9 cm³/mol. The summed E-state index contributed by atoms with van der Waals surface area (Å²) in [5, 5.41) is 20.1. The van der Waals surface area contributed by atoms with E-state index in [1.807, 2.05) is 17.2 Å². The Hall–Kier alpha value is -3.18. The molecule has 1 saturated heterocycles. The smallest absolute Gasteiger partial charge is 0.220 e. The Morgan fingerprint density at radius 3 is 2.88 bits per heavy atom. The zero-order chi connectivity index (χ0) is 16.7. The summed E-state index contributed by atoms with van der Waals surface area (Å²) in [7, 11) is 0. The fraction of sp³-hybridized carbons (Fsp3) is 0.250. The average Bonchev–Trinajstić information content (AvgIpc) is 3.18. The van der Waals surface area contributed by atoms with Crippen molar-refractivity contribution in [2.75, 3.05) is 23.7 Å². The molecule has 1 aliphatic rings. The Balaban J connectivity index is 1.86. The van der Waals surface area contributed by atoms with Gasteiger partial charge >= 0.3 is 0 Å². The van der Waals surface area contributed by atoms with Gasteiger partial charge in [0.1, 0.15) is 5.65 Å². The van der Waals surface area contributed by atoms with Crippen LogP contribution in [0.1, 0.15) is 0 Å². The Bertz CT molecular complexity index is 945. The summed E-state index contributed by atoms with van der Waals surface area (Å²) >= 11 is 0. The molecule has 8 nitrogen and oxygen atoms in total. The van der Waals surface area contributed by atoms with Gasteiger partial charge in [-0.15, -0.1) is 0 Å². The summed E-state index contributed by atoms with van der Waals surface area (Å²) in [6.45, 7) is 0.890. The molecule has 4 heterocycles. The maximum Gasteiger partial charge on any atom is 0.220 e. The van der Waals surface area contributed by atoms with Crippen molar-refractivity contribution in [3.8, 4) is 17.3 Å². The number of β-amino-alcohol motifs (C(OH)–C–C–N with tert-alkyl or cyclic N) is 1. The normalized spacial score (nSPS) is 20.4. The molecule has 4 rings (SSSR count). The summed E-state index contributed by atoms with van der Waals surface area (Å²) in [6.07, 6.45) is 4.49. The van der Waals surface area contributed by atoms with Gasteiger partial charge in [0.25, 0.3) is 0 Å². The minimum Gasteiger partial charge on any atom is -0.390 e. The second kappa shape index (κ2) is 5.47. The third-order valence-electron chi connectivity index (χ3n) is 4.30. The van der Waals surface area contributed by atoms with Gasteiger partial charge in [-0.05, 0) is 12.1 Å². The van der Waals surface area contributed by atoms with Gasteiger partial charge in [-0.25, -0.2) is 15.0 Å². The first-order chi connectivity index (χ1) is 11.7. The second-order valence-corrected chi connectivity index (χ2v) is 5.76. The molecule has 3 aromatic heterocycles. The van der Waals surface area contributed by atoms with Crippen LogP contribution in [0.4, 0.5) is 11.6 Å². The van der Waals surface area contributed by atoms with Gasteiger partial charge in [-0.3, -0.25) is 0 Å². The number of rotatable bonds is 2. The van der Waals surface area contributed by atoms with Gasteiger partial charge in [0.15, 0.2) is 0 Å². The topological polar surface area (TPSA) is 128 Å². The van der Waals surface area contributed by atoms with Crippen molar-refractivity contribution >= 4 is 22.7 Å². The largest absolute Gasteiger partial charge is 0.390 e. The highest BCUT2D eigenvalue weighted by Gasteiger charge is 2.32. The first-order valence-electron chi connectivity index (χ1n) is 7.55. The lowest BCUT2D eigenvalue weighted by molar-refractivity contribution is 0.171. The van der Waals surface area contributed by atoms with Crippen LogP contribution in [0.15, 0.2) is 30.7 Å². The molecule has 2 atom stereocenters. The van der Waals surface area contributed by atoms with E-state index < -0.39 is 12.0 Å². The molecule has 8 heteroatoms. The number of aliphatic hydroxyl groups is 1. The Morgan fingerprint density at radius 2 is 2.12 bits per heavy atom. The van der Waals surface area contributed by atoms with E-state index in [-0.39, 0.29) is 5.95 Å². The molecule has 0 aromatic carbocycles. The number of nitrogen functional groups attached to an aromatic ring is 1. The predicted octanol–water partition coefficient (Wildman–Crippen LogP) is 0.923. The van der Waals surface area contributed by atoms with Crippen molar-refractivity contribution in [2.45, 2.75) is 6.10 Å². The molecule has 0 saturated carbocycles. The summed E-state index contributed by atoms with van der Waals surface area (Å²) in [4.78, 5) is 17.7. The van der Waals surface area contributed by atoms with E-state index in [4.69, 9.17) is 11.0 Å². The minimum atomic E-state index is -0.657. The van der Waals surface area contributed by atoms with Crippen molar-refractivity contribution < 1.29 is 5.11 Å². The number of nitrogens with one attached hydrogen (secondary N) is 1. The third kappa shape index (κ3) is 2.23. The number of aromatic nitrogens is 4. The van der Waals surface area contributed by atoms with Gasteiger partial charge in [-0.1, -0.05) is 0 Å². The molecule has 4 N–H and O–H groups in total. The van der Waals surface area contributed by atoms with Gasteiger partial charge in [0.05, 0.1) is 34.9 Å². The summed E-state index contributed by atoms with van der Waals surface area (Å²) in [5.41, 5.74) is 8.87. The molecular weight excluding hydrogens is 306 g/mol. The molecule has 3 aromatic rings. The zero-order valence-electron chi connectivity index (χ0n) is 12.7. The third-order valence-corrected chi connectivity index (χ3v) is 4.30. The number of anilines is 2. The van der Waals surface area contributed by atoms with E-state index >= 15 is 0 Å². The fourth-order valence-corrected chi connectivity index (χ4v) is 3.14. The number of H-pyrrole nitrogens is 1. The number of pyridine rings is 1. The number of fused-ring (bicyclic) bond motifs is 1. The monoisotopic (exact) mass is 321 g/mol. The van der Waals surface area contributed by atoms with Crippen molar-refractivity contribution in [2.24, 2.45) is 5.92 Å². The van der Waals surface area contributed by atoms with Crippen molar-refractivity contribution in [3.63, 3.8) is 0 Å². The molecule has 1 aliphatic heterocycles. The second-order valence-electron chi connectivity index (χ2n) is 5.76. The standard InChI is InChI=1S/C16H15N7O/c17-5-9-7-23(8-13(9)24)12-2-4-19-15-14(12)10(6-21-15)11-1-3-20-16(18)22-11/h1-4,6,9,13,24H,7-8H2,(H,19,21)(H2,18,20,22). The number of nitriles is 1. The number of nitrogens with zero attached hydrogens (tertiary/aromatic N) is 5. The first-order valence-corrected chi connectivity index (χ1v) is 7.55. The van der Waals surface area contributed by atoms with Crippen LogP contribution in [0.2, 0.25) is 0 Å². The Morgan fingerprint density at radius 1 is 1.29 bits per heavy atom. The Kier molecular flexibility index (Phi) is 3.29. The highest BCUT2D eigenvalue weighted by molar-refractivity contribution is 6.02. The van der Waals surface area contributed by atoms with Crippen molar-refractivity contribution in [3.05, 3.63) is 30.7 Å². The number of nitrogens with two attached hydrogens (primary N) is 1. The van der Waals surface area contributed by atoms with E-state index in [1.165, 1.54) is 0 Å². The molecular formula is C16H15N7O. The highest BCUT2D eigenvalue weighted by atomic mass is 16.3. The van der Waals surface area contributed by atoms with Gasteiger partial charge in [0, 0.05) is 37.2 Å². The van der Waals surface area contributed by atoms with Crippen LogP contribution in [0.25, 0.3) is 22.3 Å². The molecule has 0 aliphatic carbocycles. The van der Waals surface area contributed by atoms with Crippen LogP contribution in [0.5, 0.6) is 0 Å². The zero-order valence-corrected chi connectivity index (χ0v) is 12.7. The lowest BCUT2D eigenvalue weighted by Crippen LogP contribution is -2.21. The van der Waals surface area contributed by atoms with E-state index in [1.54, 1.807) is 18.5 Å². The Labute approximate surface area is 137 Å². The summed E-state index contributed by atoms with van der Waals surface area (Å²) in [6, 6.07) is 5.83. The number of hydrogen-bond donors (Lipinski definition) is 3. The van der Waals surface area contributed by atoms with Gasteiger partial charge in [0.2, 0.25) is 5.95 Å². The lowest BCUT2D eigenvalue weighted by Gasteiger charge is -2.19. The van der Waals surface area contributed by atoms with Crippen LogP contribution in [0.3, 0.4) is 0 Å². The molecule has 0 bridgehead atoms. The average molecular weight is 321 g/mol. The van der Waals surface area contributed by atoms with Crippen LogP contribution < -0.4 is 10.6 Å². The number of aromatic amines is 1. The SMILES string of the molecule is N#CC1CN(c2ccnc3[nH]cc(-c4ccnc(N)n4)c23)CC1O. The van der Waals surface area contributed by atoms with Crippen molar-refractivity contribution in [1.29, 1.82) is 5.26 Å². The van der Waals surface area contributed by atoms with E-state index in [0.29, 0.717) is 18.8 Å². The van der Waals surface area contributed by atoms with E-state index in [2.05, 4.69) is 26.0 Å². The molecule has 0 amide bonds. The van der Waals surface area contributed by atoms with Crippen LogP contribution in [0, 0.1) is 17.2 Å². The minimum absolute atomic E-state index is 0.202. The van der Waals surface area contributed by atoms with E-state index in [9.17, 15) is 5.11 Å². The maximum absolute atomic E-state index is 10.0. The fourth-order valence-electron chi connectivity index (χ4n) is 3.14.